The number of ether oxygens (including phenoxy) is 2. The van der Waals surface area contributed by atoms with E-state index in [1.165, 1.54) is 4.31 Å². The minimum absolute atomic E-state index is 0.273. The molecule has 23 heavy (non-hydrogen) atoms. The summed E-state index contributed by atoms with van der Waals surface area (Å²) in [5, 5.41) is 0. The van der Waals surface area contributed by atoms with E-state index in [4.69, 9.17) is 9.47 Å². The van der Waals surface area contributed by atoms with Gasteiger partial charge in [0.25, 0.3) is 0 Å². The molecule has 1 aromatic carbocycles. The number of rotatable bonds is 4. The van der Waals surface area contributed by atoms with Crippen molar-refractivity contribution < 1.29 is 17.9 Å². The average molecular weight is 338 g/mol. The number of likely N-dealkylation sites (tertiary alicyclic amines) is 1. The first-order valence-corrected chi connectivity index (χ1v) is 9.13. The molecule has 6 nitrogen and oxygen atoms in total. The molecule has 0 atom stereocenters. The van der Waals surface area contributed by atoms with Gasteiger partial charge >= 0.3 is 0 Å². The van der Waals surface area contributed by atoms with Gasteiger partial charge in [0.15, 0.2) is 0 Å². The van der Waals surface area contributed by atoms with Crippen LogP contribution in [0, 0.1) is 0 Å². The van der Waals surface area contributed by atoms with Gasteiger partial charge in [-0.3, -0.25) is 0 Å². The predicted molar refractivity (Wildman–Crippen MR) is 86.6 cm³/mol. The molecule has 126 valence electrons. The standard InChI is InChI=1S/C16H22N2O4S/c1-3-17-10-8-16(9-11-17)18(12-13-22-16)23(19,20)15-6-4-14(21-2)5-7-15/h3-7H,1,8-13H2,2H3. The van der Waals surface area contributed by atoms with Gasteiger partial charge in [-0.1, -0.05) is 6.58 Å². The van der Waals surface area contributed by atoms with E-state index < -0.39 is 15.7 Å². The monoisotopic (exact) mass is 338 g/mol. The van der Waals surface area contributed by atoms with E-state index in [0.717, 1.165) is 13.1 Å². The lowest BCUT2D eigenvalue weighted by Gasteiger charge is -2.42. The van der Waals surface area contributed by atoms with E-state index in [2.05, 4.69) is 11.5 Å². The lowest BCUT2D eigenvalue weighted by molar-refractivity contribution is -0.0847. The van der Waals surface area contributed by atoms with E-state index in [9.17, 15) is 8.42 Å². The largest absolute Gasteiger partial charge is 0.497 e. The van der Waals surface area contributed by atoms with Gasteiger partial charge in [-0.05, 0) is 30.5 Å². The first-order valence-electron chi connectivity index (χ1n) is 7.69. The van der Waals surface area contributed by atoms with Crippen molar-refractivity contribution in [2.24, 2.45) is 0 Å². The quantitative estimate of drug-likeness (QED) is 0.835. The third kappa shape index (κ3) is 2.84. The van der Waals surface area contributed by atoms with Crippen molar-refractivity contribution in [3.63, 3.8) is 0 Å². The van der Waals surface area contributed by atoms with Gasteiger partial charge in [0.1, 0.15) is 11.5 Å². The number of hydrogen-bond acceptors (Lipinski definition) is 5. The molecule has 2 fully saturated rings. The summed E-state index contributed by atoms with van der Waals surface area (Å²) < 4.78 is 38.6. The van der Waals surface area contributed by atoms with Crippen LogP contribution in [0.25, 0.3) is 0 Å². The van der Waals surface area contributed by atoms with Gasteiger partial charge < -0.3 is 14.4 Å². The maximum Gasteiger partial charge on any atom is 0.245 e. The summed E-state index contributed by atoms with van der Waals surface area (Å²) in [5.41, 5.74) is -0.724. The SMILES string of the molecule is C=CN1CCC2(CC1)OCCN2S(=O)(=O)c1ccc(OC)cc1. The van der Waals surface area contributed by atoms with Crippen LogP contribution < -0.4 is 4.74 Å². The molecule has 0 aromatic heterocycles. The summed E-state index contributed by atoms with van der Waals surface area (Å²) in [6.45, 7) is 6.09. The number of benzene rings is 1. The van der Waals surface area contributed by atoms with Crippen LogP contribution in [0.15, 0.2) is 41.9 Å². The third-order valence-corrected chi connectivity index (χ3v) is 6.57. The first kappa shape index (κ1) is 16.3. The summed E-state index contributed by atoms with van der Waals surface area (Å²) in [5.74, 6) is 0.635. The maximum atomic E-state index is 13.0. The van der Waals surface area contributed by atoms with Crippen LogP contribution >= 0.6 is 0 Å². The molecule has 2 aliphatic rings. The second-order valence-electron chi connectivity index (χ2n) is 5.77. The van der Waals surface area contributed by atoms with Gasteiger partial charge in [0.2, 0.25) is 10.0 Å². The molecular weight excluding hydrogens is 316 g/mol. The zero-order valence-corrected chi connectivity index (χ0v) is 14.1. The minimum atomic E-state index is -3.59. The van der Waals surface area contributed by atoms with E-state index in [-0.39, 0.29) is 4.90 Å². The molecule has 0 bridgehead atoms. The number of piperidine rings is 1. The fourth-order valence-electron chi connectivity index (χ4n) is 3.26. The lowest BCUT2D eigenvalue weighted by Crippen LogP contribution is -2.53. The zero-order valence-electron chi connectivity index (χ0n) is 13.3. The van der Waals surface area contributed by atoms with Crippen LogP contribution in [0.4, 0.5) is 0 Å². The van der Waals surface area contributed by atoms with Crippen LogP contribution in [0.3, 0.4) is 0 Å². The summed E-state index contributed by atoms with van der Waals surface area (Å²) in [6.07, 6.45) is 3.09. The highest BCUT2D eigenvalue weighted by Gasteiger charge is 2.50. The second kappa shape index (κ2) is 6.14. The molecule has 0 amide bonds. The van der Waals surface area contributed by atoms with Gasteiger partial charge in [-0.25, -0.2) is 8.42 Å². The molecule has 0 unspecified atom stereocenters. The molecule has 2 heterocycles. The van der Waals surface area contributed by atoms with Gasteiger partial charge in [-0.15, -0.1) is 0 Å². The van der Waals surface area contributed by atoms with Crippen molar-refractivity contribution in [3.8, 4) is 5.75 Å². The van der Waals surface area contributed by atoms with Crippen molar-refractivity contribution in [2.45, 2.75) is 23.5 Å². The minimum Gasteiger partial charge on any atom is -0.497 e. The lowest BCUT2D eigenvalue weighted by atomic mass is 10.0. The van der Waals surface area contributed by atoms with Crippen LogP contribution in [0.2, 0.25) is 0 Å². The van der Waals surface area contributed by atoms with Crippen LogP contribution in [0.5, 0.6) is 5.75 Å². The Morgan fingerprint density at radius 2 is 1.87 bits per heavy atom. The molecule has 2 aliphatic heterocycles. The van der Waals surface area contributed by atoms with Gasteiger partial charge in [0.05, 0.1) is 18.6 Å². The molecule has 0 N–H and O–H groups in total. The van der Waals surface area contributed by atoms with Gasteiger partial charge in [0, 0.05) is 32.5 Å². The molecule has 1 aromatic rings. The Hall–Kier alpha value is -1.57. The summed E-state index contributed by atoms with van der Waals surface area (Å²) >= 11 is 0. The highest BCUT2D eigenvalue weighted by atomic mass is 32.2. The van der Waals surface area contributed by atoms with E-state index in [1.807, 2.05) is 0 Å². The van der Waals surface area contributed by atoms with Crippen molar-refractivity contribution in [2.75, 3.05) is 33.4 Å². The van der Waals surface area contributed by atoms with Crippen molar-refractivity contribution in [3.05, 3.63) is 37.0 Å². The van der Waals surface area contributed by atoms with Crippen molar-refractivity contribution in [1.29, 1.82) is 0 Å². The summed E-state index contributed by atoms with van der Waals surface area (Å²) in [6, 6.07) is 6.49. The maximum absolute atomic E-state index is 13.0. The number of hydrogen-bond donors (Lipinski definition) is 0. The Kier molecular flexibility index (Phi) is 4.35. The third-order valence-electron chi connectivity index (χ3n) is 4.60. The molecule has 2 saturated heterocycles. The molecular formula is C16H22N2O4S. The van der Waals surface area contributed by atoms with Crippen LogP contribution in [-0.2, 0) is 14.8 Å². The van der Waals surface area contributed by atoms with Crippen LogP contribution in [0.1, 0.15) is 12.8 Å². The molecule has 3 rings (SSSR count). The normalized spacial score (nSPS) is 21.5. The second-order valence-corrected chi connectivity index (χ2v) is 7.63. The van der Waals surface area contributed by atoms with Crippen LogP contribution in [-0.4, -0.2) is 56.7 Å². The Morgan fingerprint density at radius 3 is 2.43 bits per heavy atom. The highest BCUT2D eigenvalue weighted by molar-refractivity contribution is 7.89. The first-order chi connectivity index (χ1) is 11.0. The average Bonchev–Trinajstić information content (AvgIpc) is 3.00. The van der Waals surface area contributed by atoms with E-state index >= 15 is 0 Å². The number of nitrogens with zero attached hydrogens (tertiary/aromatic N) is 2. The topological polar surface area (TPSA) is 59.1 Å². The molecule has 7 heteroatoms. The van der Waals surface area contributed by atoms with E-state index in [1.54, 1.807) is 37.6 Å². The van der Waals surface area contributed by atoms with Gasteiger partial charge in [-0.2, -0.15) is 4.31 Å². The zero-order chi connectivity index (χ0) is 16.5. The Labute approximate surface area is 137 Å². The Morgan fingerprint density at radius 1 is 1.22 bits per heavy atom. The van der Waals surface area contributed by atoms with E-state index in [0.29, 0.717) is 31.7 Å². The molecule has 0 radical (unpaired) electrons. The fourth-order valence-corrected chi connectivity index (χ4v) is 4.98. The smallest absolute Gasteiger partial charge is 0.245 e. The number of sulfonamides is 1. The fraction of sp³-hybridized carbons (Fsp3) is 0.500. The molecule has 0 saturated carbocycles. The highest BCUT2D eigenvalue weighted by Crippen LogP contribution is 2.38. The molecule has 0 aliphatic carbocycles. The van der Waals surface area contributed by atoms with Crippen molar-refractivity contribution in [1.82, 2.24) is 9.21 Å². The molecule has 1 spiro atoms. The predicted octanol–water partition coefficient (Wildman–Crippen LogP) is 1.65. The van der Waals surface area contributed by atoms with Crippen molar-refractivity contribution >= 4 is 10.0 Å². The Balaban J connectivity index is 1.87. The summed E-state index contributed by atoms with van der Waals surface area (Å²) in [4.78, 5) is 2.36. The Bertz CT molecular complexity index is 664. The number of methoxy groups -OCH3 is 1. The summed E-state index contributed by atoms with van der Waals surface area (Å²) in [7, 11) is -2.03.